The number of ether oxygens (including phenoxy) is 1. The van der Waals surface area contributed by atoms with E-state index in [1.807, 2.05) is 0 Å². The number of carbonyl (C=O) groups is 1. The van der Waals surface area contributed by atoms with Crippen LogP contribution in [0.2, 0.25) is 0 Å². The van der Waals surface area contributed by atoms with E-state index in [0.717, 1.165) is 0 Å². The molecule has 0 saturated carbocycles. The standard InChI is InChI=1S/C8H11ClN2O3/c1-13-8(12)4-2-3-7-10-6(5-9)11-14-7/h2-5H2,1H3. The van der Waals surface area contributed by atoms with Crippen LogP contribution in [0.4, 0.5) is 0 Å². The summed E-state index contributed by atoms with van der Waals surface area (Å²) in [4.78, 5) is 14.7. The molecule has 0 aliphatic carbocycles. The Morgan fingerprint density at radius 2 is 2.43 bits per heavy atom. The minimum Gasteiger partial charge on any atom is -0.469 e. The van der Waals surface area contributed by atoms with Crippen molar-refractivity contribution in [3.8, 4) is 0 Å². The maximum Gasteiger partial charge on any atom is 0.305 e. The van der Waals surface area contributed by atoms with Crippen LogP contribution < -0.4 is 0 Å². The number of rotatable bonds is 5. The first-order valence-corrected chi connectivity index (χ1v) is 4.74. The third kappa shape index (κ3) is 3.33. The van der Waals surface area contributed by atoms with E-state index in [2.05, 4.69) is 14.9 Å². The van der Waals surface area contributed by atoms with Gasteiger partial charge in [-0.3, -0.25) is 4.79 Å². The van der Waals surface area contributed by atoms with Crippen molar-refractivity contribution < 1.29 is 14.1 Å². The zero-order valence-corrected chi connectivity index (χ0v) is 8.58. The number of carbonyl (C=O) groups excluding carboxylic acids is 1. The van der Waals surface area contributed by atoms with Gasteiger partial charge < -0.3 is 9.26 Å². The third-order valence-electron chi connectivity index (χ3n) is 1.63. The van der Waals surface area contributed by atoms with Gasteiger partial charge in [0, 0.05) is 12.8 Å². The fraction of sp³-hybridized carbons (Fsp3) is 0.625. The zero-order chi connectivity index (χ0) is 10.4. The molecule has 0 aliphatic heterocycles. The van der Waals surface area contributed by atoms with Gasteiger partial charge in [-0.05, 0) is 6.42 Å². The van der Waals surface area contributed by atoms with Crippen LogP contribution >= 0.6 is 11.6 Å². The minimum absolute atomic E-state index is 0.234. The molecule has 0 aromatic carbocycles. The SMILES string of the molecule is COC(=O)CCCc1nc(CCl)no1. The van der Waals surface area contributed by atoms with Gasteiger partial charge in [-0.1, -0.05) is 5.16 Å². The van der Waals surface area contributed by atoms with Gasteiger partial charge in [-0.25, -0.2) is 0 Å². The lowest BCUT2D eigenvalue weighted by atomic mass is 10.2. The van der Waals surface area contributed by atoms with Crippen molar-refractivity contribution in [1.29, 1.82) is 0 Å². The molecule has 0 radical (unpaired) electrons. The van der Waals surface area contributed by atoms with Crippen molar-refractivity contribution in [3.05, 3.63) is 11.7 Å². The molecular formula is C8H11ClN2O3. The number of aryl methyl sites for hydroxylation is 1. The first-order valence-electron chi connectivity index (χ1n) is 4.20. The molecular weight excluding hydrogens is 208 g/mol. The molecule has 0 bridgehead atoms. The van der Waals surface area contributed by atoms with Gasteiger partial charge in [0.15, 0.2) is 5.82 Å². The number of halogens is 1. The van der Waals surface area contributed by atoms with Crippen molar-refractivity contribution >= 4 is 17.6 Å². The predicted octanol–water partition coefficient (Wildman–Crippen LogP) is 1.30. The van der Waals surface area contributed by atoms with Crippen LogP contribution in [-0.4, -0.2) is 23.2 Å². The maximum absolute atomic E-state index is 10.8. The molecule has 0 amide bonds. The average Bonchev–Trinajstić information content (AvgIpc) is 2.65. The molecule has 1 heterocycles. The molecule has 1 aromatic rings. The first-order chi connectivity index (χ1) is 6.76. The Morgan fingerprint density at radius 3 is 3.00 bits per heavy atom. The lowest BCUT2D eigenvalue weighted by Gasteiger charge is -1.95. The molecule has 5 nitrogen and oxygen atoms in total. The van der Waals surface area contributed by atoms with Gasteiger partial charge >= 0.3 is 5.97 Å². The highest BCUT2D eigenvalue weighted by Crippen LogP contribution is 2.05. The Bertz CT molecular complexity index is 301. The average molecular weight is 219 g/mol. The molecule has 0 saturated heterocycles. The molecule has 14 heavy (non-hydrogen) atoms. The Morgan fingerprint density at radius 1 is 1.64 bits per heavy atom. The number of alkyl halides is 1. The van der Waals surface area contributed by atoms with Crippen molar-refractivity contribution in [2.75, 3.05) is 7.11 Å². The highest BCUT2D eigenvalue weighted by molar-refractivity contribution is 6.16. The molecule has 0 aliphatic rings. The summed E-state index contributed by atoms with van der Waals surface area (Å²) in [5.41, 5.74) is 0. The van der Waals surface area contributed by atoms with E-state index >= 15 is 0 Å². The Hall–Kier alpha value is -1.10. The summed E-state index contributed by atoms with van der Waals surface area (Å²) in [5, 5.41) is 3.62. The summed E-state index contributed by atoms with van der Waals surface area (Å²) < 4.78 is 9.36. The second kappa shape index (κ2) is 5.59. The van der Waals surface area contributed by atoms with Crippen LogP contribution in [0, 0.1) is 0 Å². The van der Waals surface area contributed by atoms with Crippen molar-refractivity contribution in [3.63, 3.8) is 0 Å². The van der Waals surface area contributed by atoms with Gasteiger partial charge in [0.2, 0.25) is 5.89 Å². The van der Waals surface area contributed by atoms with Crippen molar-refractivity contribution in [2.45, 2.75) is 25.1 Å². The van der Waals surface area contributed by atoms with Crippen LogP contribution in [0.25, 0.3) is 0 Å². The Kier molecular flexibility index (Phi) is 4.39. The van der Waals surface area contributed by atoms with Crippen LogP contribution in [0.1, 0.15) is 24.6 Å². The molecule has 0 spiro atoms. The quantitative estimate of drug-likeness (QED) is 0.551. The molecule has 1 aromatic heterocycles. The number of esters is 1. The van der Waals surface area contributed by atoms with E-state index in [9.17, 15) is 4.79 Å². The summed E-state index contributed by atoms with van der Waals surface area (Å²) in [7, 11) is 1.36. The van der Waals surface area contributed by atoms with Gasteiger partial charge in [0.05, 0.1) is 13.0 Å². The van der Waals surface area contributed by atoms with E-state index in [0.29, 0.717) is 31.0 Å². The van der Waals surface area contributed by atoms with Gasteiger partial charge in [-0.2, -0.15) is 4.98 Å². The number of nitrogens with zero attached hydrogens (tertiary/aromatic N) is 2. The van der Waals surface area contributed by atoms with Crippen LogP contribution in [0.5, 0.6) is 0 Å². The predicted molar refractivity (Wildman–Crippen MR) is 48.8 cm³/mol. The molecule has 0 atom stereocenters. The topological polar surface area (TPSA) is 65.2 Å². The normalized spacial score (nSPS) is 10.1. The summed E-state index contributed by atoms with van der Waals surface area (Å²) in [5.74, 6) is 0.979. The highest BCUT2D eigenvalue weighted by atomic mass is 35.5. The summed E-state index contributed by atoms with van der Waals surface area (Å²) >= 11 is 5.49. The minimum atomic E-state index is -0.234. The fourth-order valence-electron chi connectivity index (χ4n) is 0.932. The molecule has 6 heteroatoms. The third-order valence-corrected chi connectivity index (χ3v) is 1.87. The molecule has 78 valence electrons. The van der Waals surface area contributed by atoms with Gasteiger partial charge in [0.1, 0.15) is 0 Å². The summed E-state index contributed by atoms with van der Waals surface area (Å²) in [6, 6.07) is 0. The molecule has 0 unspecified atom stereocenters. The zero-order valence-electron chi connectivity index (χ0n) is 7.83. The molecule has 0 fully saturated rings. The Balaban J connectivity index is 2.27. The van der Waals surface area contributed by atoms with Crippen LogP contribution in [0.3, 0.4) is 0 Å². The lowest BCUT2D eigenvalue weighted by Crippen LogP contribution is -2.00. The number of aromatic nitrogens is 2. The fourth-order valence-corrected chi connectivity index (χ4v) is 1.04. The summed E-state index contributed by atoms with van der Waals surface area (Å²) in [6.45, 7) is 0. The number of methoxy groups -OCH3 is 1. The highest BCUT2D eigenvalue weighted by Gasteiger charge is 2.06. The molecule has 0 N–H and O–H groups in total. The Labute approximate surface area is 86.4 Å². The van der Waals surface area contributed by atoms with E-state index in [1.54, 1.807) is 0 Å². The lowest BCUT2D eigenvalue weighted by molar-refractivity contribution is -0.140. The van der Waals surface area contributed by atoms with Crippen molar-refractivity contribution in [1.82, 2.24) is 10.1 Å². The first kappa shape index (κ1) is 11.0. The second-order valence-electron chi connectivity index (χ2n) is 2.67. The molecule has 1 rings (SSSR count). The van der Waals surface area contributed by atoms with E-state index in [-0.39, 0.29) is 11.8 Å². The van der Waals surface area contributed by atoms with Crippen LogP contribution in [-0.2, 0) is 21.8 Å². The summed E-state index contributed by atoms with van der Waals surface area (Å²) in [6.07, 6.45) is 1.56. The monoisotopic (exact) mass is 218 g/mol. The van der Waals surface area contributed by atoms with E-state index in [1.165, 1.54) is 7.11 Å². The van der Waals surface area contributed by atoms with Gasteiger partial charge in [-0.15, -0.1) is 11.6 Å². The van der Waals surface area contributed by atoms with Crippen molar-refractivity contribution in [2.24, 2.45) is 0 Å². The van der Waals surface area contributed by atoms with Crippen LogP contribution in [0.15, 0.2) is 4.52 Å². The maximum atomic E-state index is 10.8. The smallest absolute Gasteiger partial charge is 0.305 e. The number of hydrogen-bond donors (Lipinski definition) is 0. The largest absolute Gasteiger partial charge is 0.469 e. The van der Waals surface area contributed by atoms with Gasteiger partial charge in [0.25, 0.3) is 0 Å². The van der Waals surface area contributed by atoms with E-state index in [4.69, 9.17) is 16.1 Å². The van der Waals surface area contributed by atoms with E-state index < -0.39 is 0 Å². The second-order valence-corrected chi connectivity index (χ2v) is 2.93. The number of hydrogen-bond acceptors (Lipinski definition) is 5.